The number of rotatable bonds is 5. The molecule has 2 heterocycles. The molecule has 0 spiro atoms. The summed E-state index contributed by atoms with van der Waals surface area (Å²) in [6.45, 7) is 1.62. The third kappa shape index (κ3) is 3.13. The second kappa shape index (κ2) is 5.37. The monoisotopic (exact) mass is 217 g/mol. The Kier molecular flexibility index (Phi) is 3.61. The summed E-state index contributed by atoms with van der Waals surface area (Å²) in [5.74, 6) is 0.827. The van der Waals surface area contributed by atoms with E-state index in [0.29, 0.717) is 6.54 Å². The second-order valence-corrected chi connectivity index (χ2v) is 3.61. The summed E-state index contributed by atoms with van der Waals surface area (Å²) in [4.78, 5) is 8.27. The Bertz CT molecular complexity index is 423. The summed E-state index contributed by atoms with van der Waals surface area (Å²) in [5, 5.41) is 7.42. The van der Waals surface area contributed by atoms with Gasteiger partial charge >= 0.3 is 0 Å². The molecule has 2 aromatic heterocycles. The first-order valence-corrected chi connectivity index (χ1v) is 5.29. The van der Waals surface area contributed by atoms with E-state index in [4.69, 9.17) is 0 Å². The van der Waals surface area contributed by atoms with E-state index in [1.165, 1.54) is 5.56 Å². The van der Waals surface area contributed by atoms with E-state index in [9.17, 15) is 0 Å². The van der Waals surface area contributed by atoms with Crippen LogP contribution in [-0.2, 0) is 20.0 Å². The molecule has 1 N–H and O–H groups in total. The molecule has 5 nitrogen and oxygen atoms in total. The zero-order valence-corrected chi connectivity index (χ0v) is 9.30. The van der Waals surface area contributed by atoms with E-state index in [0.717, 1.165) is 18.8 Å². The van der Waals surface area contributed by atoms with Gasteiger partial charge in [-0.2, -0.15) is 5.10 Å². The zero-order chi connectivity index (χ0) is 11.2. The Morgan fingerprint density at radius 3 is 2.81 bits per heavy atom. The summed E-state index contributed by atoms with van der Waals surface area (Å²) in [7, 11) is 1.93. The smallest absolute Gasteiger partial charge is 0.141 e. The van der Waals surface area contributed by atoms with E-state index in [1.807, 2.05) is 30.2 Å². The van der Waals surface area contributed by atoms with Crippen LogP contribution in [0.3, 0.4) is 0 Å². The molecule has 16 heavy (non-hydrogen) atoms. The van der Waals surface area contributed by atoms with Gasteiger partial charge in [-0.15, -0.1) is 0 Å². The van der Waals surface area contributed by atoms with Crippen molar-refractivity contribution >= 4 is 0 Å². The van der Waals surface area contributed by atoms with Gasteiger partial charge < -0.3 is 5.32 Å². The van der Waals surface area contributed by atoms with E-state index < -0.39 is 0 Å². The highest BCUT2D eigenvalue weighted by Gasteiger charge is 1.97. The highest BCUT2D eigenvalue weighted by molar-refractivity contribution is 5.03. The molecular formula is C11H15N5. The molecule has 0 fully saturated rings. The van der Waals surface area contributed by atoms with Gasteiger partial charge in [0.15, 0.2) is 0 Å². The molecule has 0 atom stereocenters. The first-order chi connectivity index (χ1) is 7.84. The lowest BCUT2D eigenvalue weighted by Gasteiger charge is -2.01. The van der Waals surface area contributed by atoms with Crippen molar-refractivity contribution in [3.63, 3.8) is 0 Å². The molecule has 2 rings (SSSR count). The minimum atomic E-state index is 0.709. The molecule has 0 radical (unpaired) electrons. The molecule has 0 unspecified atom stereocenters. The molecule has 0 amide bonds. The Hall–Kier alpha value is -1.75. The highest BCUT2D eigenvalue weighted by atomic mass is 15.2. The van der Waals surface area contributed by atoms with Crippen LogP contribution in [0.15, 0.2) is 30.9 Å². The molecule has 2 aromatic rings. The molecule has 0 aliphatic carbocycles. The number of nitrogens with one attached hydrogen (secondary N) is 1. The first kappa shape index (κ1) is 10.8. The van der Waals surface area contributed by atoms with Crippen molar-refractivity contribution in [3.05, 3.63) is 42.2 Å². The maximum absolute atomic E-state index is 4.14. The van der Waals surface area contributed by atoms with Crippen LogP contribution in [-0.4, -0.2) is 26.3 Å². The lowest BCUT2D eigenvalue weighted by molar-refractivity contribution is 0.658. The van der Waals surface area contributed by atoms with Gasteiger partial charge in [0.2, 0.25) is 0 Å². The molecule has 0 bridgehead atoms. The summed E-state index contributed by atoms with van der Waals surface area (Å²) >= 11 is 0. The zero-order valence-electron chi connectivity index (χ0n) is 9.30. The summed E-state index contributed by atoms with van der Waals surface area (Å²) in [5.41, 5.74) is 1.24. The molecule has 5 heteroatoms. The van der Waals surface area contributed by atoms with E-state index in [2.05, 4.69) is 20.4 Å². The van der Waals surface area contributed by atoms with Gasteiger partial charge in [0, 0.05) is 25.6 Å². The van der Waals surface area contributed by atoms with Crippen LogP contribution in [0.4, 0.5) is 0 Å². The third-order valence-electron chi connectivity index (χ3n) is 2.25. The highest BCUT2D eigenvalue weighted by Crippen LogP contribution is 1.96. The Morgan fingerprint density at radius 1 is 1.31 bits per heavy atom. The third-order valence-corrected chi connectivity index (χ3v) is 2.25. The number of aryl methyl sites for hydroxylation is 1. The number of hydrogen-bond donors (Lipinski definition) is 1. The molecular weight excluding hydrogens is 202 g/mol. The predicted octanol–water partition coefficient (Wildman–Crippen LogP) is 0.542. The number of aromatic nitrogens is 4. The van der Waals surface area contributed by atoms with Crippen molar-refractivity contribution < 1.29 is 0 Å². The molecule has 0 saturated heterocycles. The van der Waals surface area contributed by atoms with E-state index in [-0.39, 0.29) is 0 Å². The van der Waals surface area contributed by atoms with Crippen molar-refractivity contribution in [2.75, 3.05) is 6.54 Å². The Labute approximate surface area is 94.5 Å². The minimum absolute atomic E-state index is 0.709. The molecule has 0 aliphatic heterocycles. The topological polar surface area (TPSA) is 55.6 Å². The van der Waals surface area contributed by atoms with Gasteiger partial charge in [0.25, 0.3) is 0 Å². The lowest BCUT2D eigenvalue weighted by Crippen LogP contribution is -2.18. The average molecular weight is 217 g/mol. The van der Waals surface area contributed by atoms with Crippen molar-refractivity contribution in [1.82, 2.24) is 25.1 Å². The molecule has 0 aromatic carbocycles. The number of nitrogens with zero attached hydrogens (tertiary/aromatic N) is 4. The fraction of sp³-hybridized carbons (Fsp3) is 0.364. The van der Waals surface area contributed by atoms with Crippen LogP contribution in [0.2, 0.25) is 0 Å². The summed E-state index contributed by atoms with van der Waals surface area (Å²) in [6.07, 6.45) is 8.40. The minimum Gasteiger partial charge on any atom is -0.310 e. The first-order valence-electron chi connectivity index (χ1n) is 5.29. The van der Waals surface area contributed by atoms with Crippen molar-refractivity contribution in [3.8, 4) is 0 Å². The van der Waals surface area contributed by atoms with Gasteiger partial charge in [-0.05, 0) is 24.6 Å². The standard InChI is InChI=1S/C11H15N5/c1-16-9-10(7-15-16)3-6-12-8-11-13-4-2-5-14-11/h2,4-5,7,9,12H,3,6,8H2,1H3. The van der Waals surface area contributed by atoms with Crippen LogP contribution in [0.1, 0.15) is 11.4 Å². The summed E-state index contributed by atoms with van der Waals surface area (Å²) < 4.78 is 1.82. The molecule has 0 aliphatic rings. The Balaban J connectivity index is 1.69. The van der Waals surface area contributed by atoms with Crippen LogP contribution in [0.25, 0.3) is 0 Å². The van der Waals surface area contributed by atoms with Gasteiger partial charge in [0.1, 0.15) is 5.82 Å². The fourth-order valence-corrected chi connectivity index (χ4v) is 1.46. The van der Waals surface area contributed by atoms with Crippen LogP contribution < -0.4 is 5.32 Å². The fourth-order valence-electron chi connectivity index (χ4n) is 1.46. The van der Waals surface area contributed by atoms with Crippen LogP contribution in [0.5, 0.6) is 0 Å². The lowest BCUT2D eigenvalue weighted by atomic mass is 10.2. The van der Waals surface area contributed by atoms with Gasteiger partial charge in [0.05, 0.1) is 12.7 Å². The van der Waals surface area contributed by atoms with Gasteiger partial charge in [-0.25, -0.2) is 9.97 Å². The maximum Gasteiger partial charge on any atom is 0.141 e. The van der Waals surface area contributed by atoms with Crippen molar-refractivity contribution in [1.29, 1.82) is 0 Å². The second-order valence-electron chi connectivity index (χ2n) is 3.61. The normalized spacial score (nSPS) is 10.6. The van der Waals surface area contributed by atoms with Crippen LogP contribution in [0, 0.1) is 0 Å². The van der Waals surface area contributed by atoms with Gasteiger partial charge in [-0.1, -0.05) is 0 Å². The largest absolute Gasteiger partial charge is 0.310 e. The van der Waals surface area contributed by atoms with E-state index >= 15 is 0 Å². The predicted molar refractivity (Wildman–Crippen MR) is 60.7 cm³/mol. The van der Waals surface area contributed by atoms with Crippen molar-refractivity contribution in [2.45, 2.75) is 13.0 Å². The SMILES string of the molecule is Cn1cc(CCNCc2ncccn2)cn1. The maximum atomic E-state index is 4.14. The quantitative estimate of drug-likeness (QED) is 0.743. The Morgan fingerprint density at radius 2 is 2.12 bits per heavy atom. The van der Waals surface area contributed by atoms with Crippen molar-refractivity contribution in [2.24, 2.45) is 7.05 Å². The molecule has 0 saturated carbocycles. The number of hydrogen-bond acceptors (Lipinski definition) is 4. The van der Waals surface area contributed by atoms with E-state index in [1.54, 1.807) is 12.4 Å². The van der Waals surface area contributed by atoms with Crippen LogP contribution >= 0.6 is 0 Å². The molecule has 84 valence electrons. The van der Waals surface area contributed by atoms with Gasteiger partial charge in [-0.3, -0.25) is 4.68 Å². The average Bonchev–Trinajstić information content (AvgIpc) is 2.72. The summed E-state index contributed by atoms with van der Waals surface area (Å²) in [6, 6.07) is 1.82.